The largest absolute Gasteiger partial charge is 0.492 e. The monoisotopic (exact) mass is 234 g/mol. The van der Waals surface area contributed by atoms with Gasteiger partial charge < -0.3 is 9.47 Å². The van der Waals surface area contributed by atoms with E-state index in [9.17, 15) is 0 Å². The standard InChI is InChI=1S/C13H18N2O2/c1-15-6-3-4-11(15)10-8-14-13(16-2)9-5-7-17-12(9)10/h8,11H,3-7H2,1-2H3/t11-/m0/s1. The van der Waals surface area contributed by atoms with Crippen LogP contribution in [-0.4, -0.2) is 37.2 Å². The molecule has 1 fully saturated rings. The molecular formula is C13H18N2O2. The highest BCUT2D eigenvalue weighted by Gasteiger charge is 2.30. The minimum absolute atomic E-state index is 0.459. The van der Waals surface area contributed by atoms with Gasteiger partial charge in [0.1, 0.15) is 5.75 Å². The lowest BCUT2D eigenvalue weighted by atomic mass is 10.0. The van der Waals surface area contributed by atoms with Gasteiger partial charge in [-0.1, -0.05) is 0 Å². The lowest BCUT2D eigenvalue weighted by molar-refractivity contribution is 0.297. The summed E-state index contributed by atoms with van der Waals surface area (Å²) in [5.74, 6) is 1.75. The Hall–Kier alpha value is -1.29. The van der Waals surface area contributed by atoms with Gasteiger partial charge in [-0.25, -0.2) is 4.98 Å². The Morgan fingerprint density at radius 1 is 1.53 bits per heavy atom. The SMILES string of the molecule is COc1ncc([C@@H]2CCCN2C)c2c1CCO2. The highest BCUT2D eigenvalue weighted by atomic mass is 16.5. The molecule has 0 spiro atoms. The first-order chi connectivity index (χ1) is 8.31. The van der Waals surface area contributed by atoms with Crippen molar-refractivity contribution >= 4 is 0 Å². The maximum atomic E-state index is 5.79. The fourth-order valence-corrected chi connectivity index (χ4v) is 2.90. The van der Waals surface area contributed by atoms with Crippen LogP contribution in [0.5, 0.6) is 11.6 Å². The first-order valence-electron chi connectivity index (χ1n) is 6.20. The van der Waals surface area contributed by atoms with Crippen LogP contribution in [0.25, 0.3) is 0 Å². The number of fused-ring (bicyclic) bond motifs is 1. The number of ether oxygens (including phenoxy) is 2. The predicted molar refractivity (Wildman–Crippen MR) is 64.6 cm³/mol. The van der Waals surface area contributed by atoms with Crippen LogP contribution in [-0.2, 0) is 6.42 Å². The van der Waals surface area contributed by atoms with E-state index in [1.54, 1.807) is 7.11 Å². The predicted octanol–water partition coefficient (Wildman–Crippen LogP) is 1.79. The molecule has 1 saturated heterocycles. The molecule has 0 radical (unpaired) electrons. The zero-order valence-corrected chi connectivity index (χ0v) is 10.4. The van der Waals surface area contributed by atoms with Gasteiger partial charge in [-0.15, -0.1) is 0 Å². The van der Waals surface area contributed by atoms with Crippen molar-refractivity contribution in [1.82, 2.24) is 9.88 Å². The average molecular weight is 234 g/mol. The van der Waals surface area contributed by atoms with Crippen LogP contribution in [0.1, 0.15) is 30.0 Å². The van der Waals surface area contributed by atoms with Crippen LogP contribution in [0.2, 0.25) is 0 Å². The number of hydrogen-bond donors (Lipinski definition) is 0. The van der Waals surface area contributed by atoms with E-state index in [2.05, 4.69) is 16.9 Å². The zero-order valence-electron chi connectivity index (χ0n) is 10.4. The summed E-state index contributed by atoms with van der Waals surface area (Å²) in [7, 11) is 3.84. The van der Waals surface area contributed by atoms with E-state index < -0.39 is 0 Å². The molecule has 2 aliphatic rings. The number of methoxy groups -OCH3 is 1. The van der Waals surface area contributed by atoms with E-state index in [1.165, 1.54) is 18.4 Å². The van der Waals surface area contributed by atoms with Crippen molar-refractivity contribution in [3.05, 3.63) is 17.3 Å². The highest BCUT2D eigenvalue weighted by molar-refractivity contribution is 5.49. The quantitative estimate of drug-likeness (QED) is 0.781. The van der Waals surface area contributed by atoms with Crippen molar-refractivity contribution in [2.45, 2.75) is 25.3 Å². The normalized spacial score (nSPS) is 23.5. The van der Waals surface area contributed by atoms with Gasteiger partial charge >= 0.3 is 0 Å². The number of pyridine rings is 1. The van der Waals surface area contributed by atoms with Crippen LogP contribution in [0.3, 0.4) is 0 Å². The van der Waals surface area contributed by atoms with Crippen molar-refractivity contribution < 1.29 is 9.47 Å². The minimum atomic E-state index is 0.459. The van der Waals surface area contributed by atoms with Crippen molar-refractivity contribution in [3.8, 4) is 11.6 Å². The van der Waals surface area contributed by atoms with Gasteiger partial charge in [0.25, 0.3) is 0 Å². The molecular weight excluding hydrogens is 216 g/mol. The molecule has 1 aromatic heterocycles. The molecule has 0 amide bonds. The fraction of sp³-hybridized carbons (Fsp3) is 0.615. The Morgan fingerprint density at radius 3 is 3.12 bits per heavy atom. The summed E-state index contributed by atoms with van der Waals surface area (Å²) in [6.45, 7) is 1.91. The van der Waals surface area contributed by atoms with Crippen molar-refractivity contribution in [1.29, 1.82) is 0 Å². The van der Waals surface area contributed by atoms with Crippen molar-refractivity contribution in [3.63, 3.8) is 0 Å². The second kappa shape index (κ2) is 4.18. The number of aromatic nitrogens is 1. The van der Waals surface area contributed by atoms with E-state index in [0.717, 1.165) is 36.8 Å². The third kappa shape index (κ3) is 1.67. The summed E-state index contributed by atoms with van der Waals surface area (Å²) < 4.78 is 11.1. The molecule has 0 aliphatic carbocycles. The van der Waals surface area contributed by atoms with E-state index >= 15 is 0 Å². The number of nitrogens with zero attached hydrogens (tertiary/aromatic N) is 2. The van der Waals surface area contributed by atoms with E-state index in [1.807, 2.05) is 6.20 Å². The van der Waals surface area contributed by atoms with E-state index in [-0.39, 0.29) is 0 Å². The summed E-state index contributed by atoms with van der Waals surface area (Å²) in [5, 5.41) is 0. The molecule has 4 heteroatoms. The molecule has 0 unspecified atom stereocenters. The molecule has 3 rings (SSSR count). The number of likely N-dealkylation sites (tertiary alicyclic amines) is 1. The topological polar surface area (TPSA) is 34.6 Å². The lowest BCUT2D eigenvalue weighted by Gasteiger charge is -2.21. The molecule has 1 atom stereocenters. The van der Waals surface area contributed by atoms with Crippen LogP contribution in [0.15, 0.2) is 6.20 Å². The molecule has 0 bridgehead atoms. The lowest BCUT2D eigenvalue weighted by Crippen LogP contribution is -2.18. The summed E-state index contributed by atoms with van der Waals surface area (Å²) in [4.78, 5) is 6.80. The third-order valence-corrected chi connectivity index (χ3v) is 3.79. The Labute approximate surface area is 102 Å². The van der Waals surface area contributed by atoms with Gasteiger partial charge in [-0.2, -0.15) is 0 Å². The van der Waals surface area contributed by atoms with Gasteiger partial charge in [0.05, 0.1) is 19.3 Å². The number of rotatable bonds is 2. The second-order valence-electron chi connectivity index (χ2n) is 4.77. The first-order valence-corrected chi connectivity index (χ1v) is 6.20. The molecule has 1 aromatic rings. The van der Waals surface area contributed by atoms with Gasteiger partial charge in [-0.3, -0.25) is 4.90 Å². The summed E-state index contributed by atoms with van der Waals surface area (Å²) in [6, 6.07) is 0.459. The molecule has 0 aromatic carbocycles. The summed E-state index contributed by atoms with van der Waals surface area (Å²) in [6.07, 6.45) is 5.29. The molecule has 4 nitrogen and oxygen atoms in total. The highest BCUT2D eigenvalue weighted by Crippen LogP contribution is 2.42. The van der Waals surface area contributed by atoms with Gasteiger partial charge in [0, 0.05) is 24.2 Å². The molecule has 0 saturated carbocycles. The van der Waals surface area contributed by atoms with Gasteiger partial charge in [-0.05, 0) is 26.4 Å². The molecule has 3 heterocycles. The van der Waals surface area contributed by atoms with Crippen LogP contribution < -0.4 is 9.47 Å². The van der Waals surface area contributed by atoms with Gasteiger partial charge in [0.2, 0.25) is 5.88 Å². The minimum Gasteiger partial charge on any atom is -0.492 e. The van der Waals surface area contributed by atoms with E-state index in [4.69, 9.17) is 9.47 Å². The first kappa shape index (κ1) is 10.8. The van der Waals surface area contributed by atoms with Crippen molar-refractivity contribution in [2.24, 2.45) is 0 Å². The van der Waals surface area contributed by atoms with Crippen LogP contribution in [0, 0.1) is 0 Å². The molecule has 92 valence electrons. The molecule has 17 heavy (non-hydrogen) atoms. The maximum Gasteiger partial charge on any atom is 0.220 e. The Bertz CT molecular complexity index is 434. The Kier molecular flexibility index (Phi) is 2.67. The average Bonchev–Trinajstić information content (AvgIpc) is 2.96. The maximum absolute atomic E-state index is 5.79. The smallest absolute Gasteiger partial charge is 0.220 e. The Morgan fingerprint density at radius 2 is 2.41 bits per heavy atom. The summed E-state index contributed by atoms with van der Waals surface area (Å²) in [5.41, 5.74) is 2.38. The summed E-state index contributed by atoms with van der Waals surface area (Å²) >= 11 is 0. The third-order valence-electron chi connectivity index (χ3n) is 3.79. The number of hydrogen-bond acceptors (Lipinski definition) is 4. The van der Waals surface area contributed by atoms with Gasteiger partial charge in [0.15, 0.2) is 0 Å². The van der Waals surface area contributed by atoms with Crippen LogP contribution >= 0.6 is 0 Å². The van der Waals surface area contributed by atoms with Crippen molar-refractivity contribution in [2.75, 3.05) is 27.3 Å². The van der Waals surface area contributed by atoms with E-state index in [0.29, 0.717) is 6.04 Å². The second-order valence-corrected chi connectivity index (χ2v) is 4.77. The molecule has 2 aliphatic heterocycles. The zero-order chi connectivity index (χ0) is 11.8. The van der Waals surface area contributed by atoms with Crippen LogP contribution in [0.4, 0.5) is 0 Å². The Balaban J connectivity index is 2.03. The fourth-order valence-electron chi connectivity index (χ4n) is 2.90. The molecule has 0 N–H and O–H groups in total.